The lowest BCUT2D eigenvalue weighted by Crippen LogP contribution is -2.72. The summed E-state index contributed by atoms with van der Waals surface area (Å²) < 4.78 is 32.9. The molecule has 2 unspecified atom stereocenters. The molecule has 0 saturated carbocycles. The maximum absolute atomic E-state index is 12.1. The Kier molecular flexibility index (Phi) is 11.6. The van der Waals surface area contributed by atoms with Gasteiger partial charge >= 0.3 is 5.97 Å². The molecule has 40 heavy (non-hydrogen) atoms. The van der Waals surface area contributed by atoms with Gasteiger partial charge in [-0.25, -0.2) is 0 Å². The molecule has 18 heteroatoms. The van der Waals surface area contributed by atoms with Crippen molar-refractivity contribution in [2.24, 2.45) is 17.2 Å². The average Bonchev–Trinajstić information content (AvgIpc) is 2.93. The highest BCUT2D eigenvalue weighted by Crippen LogP contribution is 2.35. The molecule has 0 bridgehead atoms. The fourth-order valence-corrected chi connectivity index (χ4v) is 4.75. The Balaban J connectivity index is 1.78. The molecule has 0 aromatic rings. The quantitative estimate of drug-likeness (QED) is 0.106. The third kappa shape index (κ3) is 6.57. The van der Waals surface area contributed by atoms with Crippen LogP contribution in [-0.4, -0.2) is 158 Å². The number of nitrogens with two attached hydrogens (primary N) is 3. The van der Waals surface area contributed by atoms with Gasteiger partial charge in [0, 0.05) is 6.42 Å². The number of carbonyl (C=O) groups excluding carboxylic acids is 1. The third-order valence-corrected chi connectivity index (χ3v) is 7.16. The summed E-state index contributed by atoms with van der Waals surface area (Å²) in [4.78, 5) is 12.1. The Morgan fingerprint density at radius 2 is 1.32 bits per heavy atom. The monoisotopic (exact) mass is 587 g/mol. The number of hydrogen-bond acceptors (Lipinski definition) is 18. The summed E-state index contributed by atoms with van der Waals surface area (Å²) in [5.74, 6) is -3.31. The van der Waals surface area contributed by atoms with Gasteiger partial charge in [-0.05, 0) is 6.42 Å². The van der Waals surface area contributed by atoms with E-state index in [1.807, 2.05) is 0 Å². The summed E-state index contributed by atoms with van der Waals surface area (Å²) in [6.07, 6.45) is -17.1. The average molecular weight is 588 g/mol. The zero-order chi connectivity index (χ0) is 29.9. The van der Waals surface area contributed by atoms with Crippen molar-refractivity contribution in [2.45, 2.75) is 111 Å². The molecule has 0 amide bonds. The number of carbonyl (C=O) groups is 1. The van der Waals surface area contributed by atoms with E-state index in [4.69, 9.17) is 45.6 Å². The van der Waals surface area contributed by atoms with E-state index in [-0.39, 0.29) is 6.42 Å². The Bertz CT molecular complexity index is 826. The number of aliphatic hydroxyl groups is 8. The fourth-order valence-electron chi connectivity index (χ4n) is 4.75. The molecule has 0 spiro atoms. The molecule has 3 heterocycles. The van der Waals surface area contributed by atoms with E-state index < -0.39 is 117 Å². The minimum atomic E-state index is -2.46. The first-order chi connectivity index (χ1) is 18.8. The van der Waals surface area contributed by atoms with Crippen LogP contribution in [0.1, 0.15) is 19.8 Å². The summed E-state index contributed by atoms with van der Waals surface area (Å²) in [7, 11) is 0. The highest BCUT2D eigenvalue weighted by atomic mass is 16.8. The molecular weight excluding hydrogens is 546 g/mol. The van der Waals surface area contributed by atoms with Crippen LogP contribution >= 0.6 is 0 Å². The number of ether oxygens (including phenoxy) is 6. The summed E-state index contributed by atoms with van der Waals surface area (Å²) in [6, 6.07) is -4.24. The molecule has 0 aromatic heterocycles. The van der Waals surface area contributed by atoms with Gasteiger partial charge in [0.1, 0.15) is 55.4 Å². The molecule has 234 valence electrons. The van der Waals surface area contributed by atoms with Crippen molar-refractivity contribution in [3.05, 3.63) is 0 Å². The van der Waals surface area contributed by atoms with E-state index in [0.29, 0.717) is 6.42 Å². The van der Waals surface area contributed by atoms with Gasteiger partial charge in [-0.1, -0.05) is 6.92 Å². The smallest absolute Gasteiger partial charge is 0.308 e. The molecule has 0 aliphatic carbocycles. The van der Waals surface area contributed by atoms with Crippen LogP contribution in [0.25, 0.3) is 0 Å². The van der Waals surface area contributed by atoms with Crippen LogP contribution in [0.4, 0.5) is 0 Å². The Hall–Kier alpha value is -1.17. The zero-order valence-electron chi connectivity index (χ0n) is 21.8. The van der Waals surface area contributed by atoms with Crippen molar-refractivity contribution in [3.8, 4) is 0 Å². The van der Waals surface area contributed by atoms with Crippen LogP contribution in [0.5, 0.6) is 0 Å². The first-order valence-electron chi connectivity index (χ1n) is 12.9. The first-order valence-corrected chi connectivity index (χ1v) is 12.9. The largest absolute Gasteiger partial charge is 0.427 e. The Morgan fingerprint density at radius 3 is 1.88 bits per heavy atom. The predicted octanol–water partition coefficient (Wildman–Crippen LogP) is -7.00. The molecule has 3 saturated heterocycles. The SMILES string of the molecule is CCCC(=O)O[C@@]1(CO)O[C@H](OC2[C@@H](CO)O[C@@H](OC3[C@@H](CO)O[C@@H](O)[C@H](N)[C@H]3O)[C@H](N)[C@H]2O)[C@H](N)[C@@H](O)[C@@H]1O. The van der Waals surface area contributed by atoms with Gasteiger partial charge in [-0.2, -0.15) is 0 Å². The van der Waals surface area contributed by atoms with Gasteiger partial charge in [0.15, 0.2) is 18.9 Å². The molecule has 15 atom stereocenters. The van der Waals surface area contributed by atoms with Gasteiger partial charge in [-0.3, -0.25) is 4.79 Å². The number of hydrogen-bond donors (Lipinski definition) is 11. The number of esters is 1. The summed E-state index contributed by atoms with van der Waals surface area (Å²) in [6.45, 7) is -0.884. The Labute approximate surface area is 229 Å². The second-order valence-corrected chi connectivity index (χ2v) is 10.0. The lowest BCUT2D eigenvalue weighted by atomic mass is 9.93. The molecule has 3 aliphatic heterocycles. The second kappa shape index (κ2) is 13.9. The van der Waals surface area contributed by atoms with E-state index in [9.17, 15) is 45.6 Å². The van der Waals surface area contributed by atoms with E-state index in [0.717, 1.165) is 0 Å². The van der Waals surface area contributed by atoms with Crippen LogP contribution in [0, 0.1) is 0 Å². The second-order valence-electron chi connectivity index (χ2n) is 10.0. The van der Waals surface area contributed by atoms with Crippen LogP contribution in [0.15, 0.2) is 0 Å². The number of aliphatic hydroxyl groups excluding tert-OH is 8. The highest BCUT2D eigenvalue weighted by Gasteiger charge is 2.58. The van der Waals surface area contributed by atoms with Crippen LogP contribution in [0.2, 0.25) is 0 Å². The molecule has 18 nitrogen and oxygen atoms in total. The summed E-state index contributed by atoms with van der Waals surface area (Å²) >= 11 is 0. The zero-order valence-corrected chi connectivity index (χ0v) is 21.8. The Morgan fingerprint density at radius 1 is 0.800 bits per heavy atom. The minimum absolute atomic E-state index is 0.0920. The minimum Gasteiger partial charge on any atom is -0.427 e. The maximum atomic E-state index is 12.1. The van der Waals surface area contributed by atoms with Gasteiger partial charge in [0.25, 0.3) is 5.79 Å². The number of rotatable bonds is 10. The summed E-state index contributed by atoms with van der Waals surface area (Å²) in [5.41, 5.74) is 17.8. The van der Waals surface area contributed by atoms with E-state index in [1.54, 1.807) is 6.92 Å². The van der Waals surface area contributed by atoms with Crippen LogP contribution in [0.3, 0.4) is 0 Å². The molecule has 3 aliphatic rings. The topological polar surface area (TPSA) is 312 Å². The standard InChI is InChI=1S/C22H41N3O15/c1-2-3-9(29)39-22(6-28)18(33)15(32)12(25)21(40-22)38-17-8(5-27)36-20(11(24)14(17)31)37-16-7(4-26)35-19(34)10(23)13(16)30/h7-8,10-21,26-28,30-34H,2-6,23-25H2,1H3/t7-,8-,10-,11-,12-,13-,14-,15-,16?,17?,18+,19-,20+,21+,22+/m1/s1. The van der Waals surface area contributed by atoms with Crippen molar-refractivity contribution >= 4 is 5.97 Å². The first kappa shape index (κ1) is 33.3. The lowest BCUT2D eigenvalue weighted by Gasteiger charge is -2.50. The molecule has 14 N–H and O–H groups in total. The van der Waals surface area contributed by atoms with E-state index in [1.165, 1.54) is 0 Å². The molecular formula is C22H41N3O15. The molecule has 0 radical (unpaired) electrons. The van der Waals surface area contributed by atoms with E-state index in [2.05, 4.69) is 0 Å². The van der Waals surface area contributed by atoms with Crippen LogP contribution < -0.4 is 17.2 Å². The summed E-state index contributed by atoms with van der Waals surface area (Å²) in [5, 5.41) is 81.8. The lowest BCUT2D eigenvalue weighted by molar-refractivity contribution is -0.399. The normalized spacial score (nSPS) is 48.1. The fraction of sp³-hybridized carbons (Fsp3) is 0.955. The molecule has 3 fully saturated rings. The third-order valence-electron chi connectivity index (χ3n) is 7.16. The van der Waals surface area contributed by atoms with Crippen molar-refractivity contribution < 1.29 is 74.1 Å². The highest BCUT2D eigenvalue weighted by molar-refractivity contribution is 5.69. The van der Waals surface area contributed by atoms with Crippen molar-refractivity contribution in [2.75, 3.05) is 19.8 Å². The van der Waals surface area contributed by atoms with E-state index >= 15 is 0 Å². The van der Waals surface area contributed by atoms with Crippen LogP contribution in [-0.2, 0) is 33.2 Å². The van der Waals surface area contributed by atoms with Gasteiger partial charge in [0.2, 0.25) is 0 Å². The predicted molar refractivity (Wildman–Crippen MR) is 127 cm³/mol. The van der Waals surface area contributed by atoms with Crippen molar-refractivity contribution in [1.82, 2.24) is 0 Å². The van der Waals surface area contributed by atoms with Crippen molar-refractivity contribution in [1.29, 1.82) is 0 Å². The molecule has 0 aromatic carbocycles. The van der Waals surface area contributed by atoms with Crippen molar-refractivity contribution in [3.63, 3.8) is 0 Å². The maximum Gasteiger partial charge on any atom is 0.308 e. The van der Waals surface area contributed by atoms with Gasteiger partial charge in [0.05, 0.1) is 31.3 Å². The van der Waals surface area contributed by atoms with Gasteiger partial charge < -0.3 is 86.5 Å². The van der Waals surface area contributed by atoms with Gasteiger partial charge in [-0.15, -0.1) is 0 Å². The molecule has 3 rings (SSSR count).